The monoisotopic (exact) mass is 430 g/mol. The lowest BCUT2D eigenvalue weighted by Gasteiger charge is -2.09. The molecule has 1 N–H and O–H groups in total. The van der Waals surface area contributed by atoms with Crippen LogP contribution in [-0.2, 0) is 17.8 Å². The highest BCUT2D eigenvalue weighted by Gasteiger charge is 2.12. The summed E-state index contributed by atoms with van der Waals surface area (Å²) in [6, 6.07) is 19.6. The van der Waals surface area contributed by atoms with Gasteiger partial charge in [-0.15, -0.1) is 0 Å². The van der Waals surface area contributed by atoms with E-state index in [1.165, 1.54) is 12.1 Å². The van der Waals surface area contributed by atoms with Gasteiger partial charge >= 0.3 is 0 Å². The van der Waals surface area contributed by atoms with Gasteiger partial charge in [-0.3, -0.25) is 14.5 Å². The average Bonchev–Trinajstić information content (AvgIpc) is 3.24. The third-order valence-electron chi connectivity index (χ3n) is 5.02. The van der Waals surface area contributed by atoms with Gasteiger partial charge in [0.05, 0.1) is 31.5 Å². The Kier molecular flexibility index (Phi) is 6.55. The van der Waals surface area contributed by atoms with Crippen LogP contribution in [0.1, 0.15) is 5.56 Å². The number of methoxy groups -OCH3 is 1. The highest BCUT2D eigenvalue weighted by atomic mass is 19.1. The number of halogens is 1. The van der Waals surface area contributed by atoms with Gasteiger partial charge in [0.15, 0.2) is 0 Å². The first-order chi connectivity index (χ1) is 15.6. The molecule has 2 aromatic carbocycles. The van der Waals surface area contributed by atoms with Crippen LogP contribution in [0.4, 0.5) is 4.39 Å². The zero-order valence-electron chi connectivity index (χ0n) is 17.7. The maximum absolute atomic E-state index is 13.3. The number of hydrogen-bond donors (Lipinski definition) is 1. The Labute approximate surface area is 185 Å². The van der Waals surface area contributed by atoms with Gasteiger partial charge in [-0.05, 0) is 60.2 Å². The Hall–Kier alpha value is -4.00. The average molecular weight is 430 g/mol. The van der Waals surface area contributed by atoms with Crippen LogP contribution in [0.2, 0.25) is 0 Å². The minimum absolute atomic E-state index is 0.128. The maximum Gasteiger partial charge on any atom is 0.224 e. The lowest BCUT2D eigenvalue weighted by Crippen LogP contribution is -2.29. The summed E-state index contributed by atoms with van der Waals surface area (Å²) in [5.74, 6) is 0.266. The first-order valence-electron chi connectivity index (χ1n) is 10.3. The number of pyridine rings is 1. The minimum atomic E-state index is -0.348. The lowest BCUT2D eigenvalue weighted by atomic mass is 10.1. The van der Waals surface area contributed by atoms with Crippen LogP contribution < -0.4 is 10.1 Å². The van der Waals surface area contributed by atoms with E-state index in [0.29, 0.717) is 18.7 Å². The fraction of sp³-hybridized carbons (Fsp3) is 0.160. The molecular weight excluding hydrogens is 407 g/mol. The van der Waals surface area contributed by atoms with Gasteiger partial charge in [-0.1, -0.05) is 12.1 Å². The molecule has 6 nitrogen and oxygen atoms in total. The normalized spacial score (nSPS) is 10.7. The van der Waals surface area contributed by atoms with Crippen molar-refractivity contribution in [1.29, 1.82) is 0 Å². The number of ether oxygens (including phenoxy) is 1. The number of nitrogens with one attached hydrogen (secondary N) is 1. The molecule has 0 fully saturated rings. The molecule has 4 rings (SSSR count). The van der Waals surface area contributed by atoms with Crippen LogP contribution in [-0.4, -0.2) is 34.3 Å². The van der Waals surface area contributed by atoms with E-state index < -0.39 is 0 Å². The van der Waals surface area contributed by atoms with E-state index >= 15 is 0 Å². The molecule has 0 saturated carbocycles. The number of carbonyl (C=O) groups is 1. The van der Waals surface area contributed by atoms with Crippen LogP contribution in [0.3, 0.4) is 0 Å². The van der Waals surface area contributed by atoms with Crippen LogP contribution in [0.25, 0.3) is 22.5 Å². The molecule has 0 radical (unpaired) electrons. The Morgan fingerprint density at radius 3 is 2.62 bits per heavy atom. The summed E-state index contributed by atoms with van der Waals surface area (Å²) in [7, 11) is 1.63. The van der Waals surface area contributed by atoms with Crippen LogP contribution in [0.15, 0.2) is 79.1 Å². The molecule has 0 aliphatic heterocycles. The van der Waals surface area contributed by atoms with Crippen LogP contribution >= 0.6 is 0 Å². The van der Waals surface area contributed by atoms with Crippen molar-refractivity contribution in [2.45, 2.75) is 13.0 Å². The predicted octanol–water partition coefficient (Wildman–Crippen LogP) is 4.12. The topological polar surface area (TPSA) is 69.0 Å². The maximum atomic E-state index is 13.3. The summed E-state index contributed by atoms with van der Waals surface area (Å²) in [5.41, 5.74) is 4.26. The van der Waals surface area contributed by atoms with Crippen molar-refractivity contribution in [2.24, 2.45) is 0 Å². The van der Waals surface area contributed by atoms with Gasteiger partial charge in [-0.2, -0.15) is 5.10 Å². The molecular formula is C25H23FN4O2. The second-order valence-electron chi connectivity index (χ2n) is 7.26. The van der Waals surface area contributed by atoms with Gasteiger partial charge in [-0.25, -0.2) is 4.39 Å². The summed E-state index contributed by atoms with van der Waals surface area (Å²) in [6.07, 6.45) is 3.64. The van der Waals surface area contributed by atoms with Crippen molar-refractivity contribution < 1.29 is 13.9 Å². The quantitative estimate of drug-likeness (QED) is 0.457. The Morgan fingerprint density at radius 2 is 1.91 bits per heavy atom. The Morgan fingerprint density at radius 1 is 1.06 bits per heavy atom. The fourth-order valence-corrected chi connectivity index (χ4v) is 3.43. The van der Waals surface area contributed by atoms with Gasteiger partial charge in [0.25, 0.3) is 0 Å². The number of nitrogens with zero attached hydrogens (tertiary/aromatic N) is 3. The Balaban J connectivity index is 1.49. The van der Waals surface area contributed by atoms with Crippen molar-refractivity contribution in [3.05, 3.63) is 90.5 Å². The van der Waals surface area contributed by atoms with E-state index in [-0.39, 0.29) is 18.1 Å². The first kappa shape index (κ1) is 21.2. The summed E-state index contributed by atoms with van der Waals surface area (Å²) in [4.78, 5) is 16.5. The van der Waals surface area contributed by atoms with Crippen molar-refractivity contribution in [1.82, 2.24) is 20.1 Å². The molecule has 0 unspecified atom stereocenters. The predicted molar refractivity (Wildman–Crippen MR) is 121 cm³/mol. The molecule has 7 heteroatoms. The molecule has 32 heavy (non-hydrogen) atoms. The van der Waals surface area contributed by atoms with Gasteiger partial charge in [0.1, 0.15) is 11.6 Å². The molecule has 0 aliphatic carbocycles. The van der Waals surface area contributed by atoms with E-state index in [0.717, 1.165) is 28.3 Å². The van der Waals surface area contributed by atoms with E-state index in [2.05, 4.69) is 10.3 Å². The third-order valence-corrected chi connectivity index (χ3v) is 5.02. The molecule has 0 atom stereocenters. The highest BCUT2D eigenvalue weighted by Crippen LogP contribution is 2.27. The van der Waals surface area contributed by atoms with E-state index in [4.69, 9.17) is 9.84 Å². The molecule has 2 aromatic heterocycles. The number of amides is 1. The zero-order chi connectivity index (χ0) is 22.3. The standard InChI is InChI=1S/C25H23FN4O2/c1-32-22-9-7-19(8-10-22)23-16-24(20-5-3-11-27-17-20)30(29-23)13-12-28-25(31)15-18-4-2-6-21(26)14-18/h2-11,14,16-17H,12-13,15H2,1H3,(H,28,31). The van der Waals surface area contributed by atoms with E-state index in [1.54, 1.807) is 31.6 Å². The molecule has 4 aromatic rings. The van der Waals surface area contributed by atoms with Gasteiger partial charge < -0.3 is 10.1 Å². The molecule has 0 aliphatic rings. The van der Waals surface area contributed by atoms with Crippen LogP contribution in [0, 0.1) is 5.82 Å². The van der Waals surface area contributed by atoms with Crippen LogP contribution in [0.5, 0.6) is 5.75 Å². The van der Waals surface area contributed by atoms with Gasteiger partial charge in [0.2, 0.25) is 5.91 Å². The summed E-state index contributed by atoms with van der Waals surface area (Å²) < 4.78 is 20.4. The summed E-state index contributed by atoms with van der Waals surface area (Å²) in [6.45, 7) is 0.875. The molecule has 1 amide bonds. The number of aromatic nitrogens is 3. The first-order valence-corrected chi connectivity index (χ1v) is 10.3. The molecule has 2 heterocycles. The Bertz CT molecular complexity index is 1190. The number of hydrogen-bond acceptors (Lipinski definition) is 4. The highest BCUT2D eigenvalue weighted by molar-refractivity contribution is 5.78. The van der Waals surface area contributed by atoms with E-state index in [9.17, 15) is 9.18 Å². The molecule has 0 bridgehead atoms. The second kappa shape index (κ2) is 9.87. The van der Waals surface area contributed by atoms with Crippen molar-refractivity contribution in [3.63, 3.8) is 0 Å². The SMILES string of the molecule is COc1ccc(-c2cc(-c3cccnc3)n(CCNC(=O)Cc3cccc(F)c3)n2)cc1. The van der Waals surface area contributed by atoms with Crippen molar-refractivity contribution >= 4 is 5.91 Å². The zero-order valence-corrected chi connectivity index (χ0v) is 17.7. The van der Waals surface area contributed by atoms with E-state index in [1.807, 2.05) is 47.1 Å². The fourth-order valence-electron chi connectivity index (χ4n) is 3.43. The third kappa shape index (κ3) is 5.18. The van der Waals surface area contributed by atoms with Gasteiger partial charge in [0, 0.05) is 30.1 Å². The molecule has 162 valence electrons. The van der Waals surface area contributed by atoms with Crippen molar-refractivity contribution in [3.8, 4) is 28.3 Å². The number of benzene rings is 2. The molecule has 0 spiro atoms. The summed E-state index contributed by atoms with van der Waals surface area (Å²) in [5, 5.41) is 7.64. The molecule has 0 saturated heterocycles. The largest absolute Gasteiger partial charge is 0.497 e. The lowest BCUT2D eigenvalue weighted by molar-refractivity contribution is -0.120. The minimum Gasteiger partial charge on any atom is -0.497 e. The second-order valence-corrected chi connectivity index (χ2v) is 7.26. The number of carbonyl (C=O) groups excluding carboxylic acids is 1. The van der Waals surface area contributed by atoms with Crippen molar-refractivity contribution in [2.75, 3.05) is 13.7 Å². The smallest absolute Gasteiger partial charge is 0.224 e. The summed E-state index contributed by atoms with van der Waals surface area (Å²) >= 11 is 0. The number of rotatable bonds is 8.